The summed E-state index contributed by atoms with van der Waals surface area (Å²) < 4.78 is 14.5. The van der Waals surface area contributed by atoms with E-state index in [9.17, 15) is 4.39 Å². The number of halogens is 2. The fourth-order valence-electron chi connectivity index (χ4n) is 1.82. The number of anilines is 1. The first-order valence-corrected chi connectivity index (χ1v) is 6.98. The topological polar surface area (TPSA) is 53.0 Å². The Bertz CT molecular complexity index is 494. The largest absolute Gasteiger partial charge is 0.369 e. The lowest BCUT2D eigenvalue weighted by atomic mass is 9.93. The Morgan fingerprint density at radius 1 is 1.47 bits per heavy atom. The van der Waals surface area contributed by atoms with Gasteiger partial charge >= 0.3 is 0 Å². The van der Waals surface area contributed by atoms with Crippen LogP contribution in [0.15, 0.2) is 16.6 Å². The van der Waals surface area contributed by atoms with Crippen molar-refractivity contribution >= 4 is 21.6 Å². The van der Waals surface area contributed by atoms with E-state index in [0.29, 0.717) is 30.9 Å². The Morgan fingerprint density at radius 2 is 2.11 bits per heavy atom. The SMILES string of the molecule is CCN(CC(C)(C)CN)c1ccc(C#N)c(Br)c1F. The molecule has 0 bridgehead atoms. The molecule has 0 aliphatic rings. The van der Waals surface area contributed by atoms with Gasteiger partial charge in [0.15, 0.2) is 5.82 Å². The normalized spacial score (nSPS) is 11.2. The van der Waals surface area contributed by atoms with Crippen molar-refractivity contribution in [3.05, 3.63) is 28.0 Å². The fraction of sp³-hybridized carbons (Fsp3) is 0.500. The van der Waals surface area contributed by atoms with Crippen molar-refractivity contribution in [1.29, 1.82) is 5.26 Å². The van der Waals surface area contributed by atoms with E-state index >= 15 is 0 Å². The number of rotatable bonds is 5. The van der Waals surface area contributed by atoms with Crippen LogP contribution in [0.4, 0.5) is 10.1 Å². The number of nitrogens with two attached hydrogens (primary N) is 1. The number of nitrogens with zero attached hydrogens (tertiary/aromatic N) is 2. The molecule has 1 aromatic carbocycles. The Balaban J connectivity index is 3.14. The monoisotopic (exact) mass is 327 g/mol. The van der Waals surface area contributed by atoms with Gasteiger partial charge in [-0.3, -0.25) is 0 Å². The quantitative estimate of drug-likeness (QED) is 0.902. The van der Waals surface area contributed by atoms with E-state index in [4.69, 9.17) is 11.0 Å². The second kappa shape index (κ2) is 6.36. The summed E-state index contributed by atoms with van der Waals surface area (Å²) in [6, 6.07) is 5.23. The smallest absolute Gasteiger partial charge is 0.161 e. The molecule has 1 rings (SSSR count). The minimum absolute atomic E-state index is 0.0944. The molecule has 0 heterocycles. The van der Waals surface area contributed by atoms with Crippen LogP contribution in [0, 0.1) is 22.6 Å². The minimum atomic E-state index is -0.395. The molecule has 19 heavy (non-hydrogen) atoms. The van der Waals surface area contributed by atoms with Crippen molar-refractivity contribution in [1.82, 2.24) is 0 Å². The van der Waals surface area contributed by atoms with Gasteiger partial charge in [-0.15, -0.1) is 0 Å². The van der Waals surface area contributed by atoms with Gasteiger partial charge < -0.3 is 10.6 Å². The van der Waals surface area contributed by atoms with E-state index in [0.717, 1.165) is 0 Å². The van der Waals surface area contributed by atoms with Crippen LogP contribution in [0.5, 0.6) is 0 Å². The third-order valence-electron chi connectivity index (χ3n) is 3.08. The molecule has 104 valence electrons. The van der Waals surface area contributed by atoms with Crippen LogP contribution >= 0.6 is 15.9 Å². The van der Waals surface area contributed by atoms with Crippen molar-refractivity contribution in [2.24, 2.45) is 11.1 Å². The zero-order valence-corrected chi connectivity index (χ0v) is 13.1. The molecular weight excluding hydrogens is 309 g/mol. The van der Waals surface area contributed by atoms with E-state index in [2.05, 4.69) is 15.9 Å². The third kappa shape index (κ3) is 3.68. The molecule has 0 fully saturated rings. The van der Waals surface area contributed by atoms with Crippen LogP contribution in [-0.4, -0.2) is 19.6 Å². The molecular formula is C14H19BrFN3. The third-order valence-corrected chi connectivity index (χ3v) is 3.85. The molecule has 0 spiro atoms. The van der Waals surface area contributed by atoms with Crippen molar-refractivity contribution < 1.29 is 4.39 Å². The standard InChI is InChI=1S/C14H19BrFN3/c1-4-19(9-14(2,3)8-18)11-6-5-10(7-17)12(15)13(11)16/h5-6H,4,8-9,18H2,1-3H3. The van der Waals surface area contributed by atoms with Crippen molar-refractivity contribution in [2.45, 2.75) is 20.8 Å². The predicted molar refractivity (Wildman–Crippen MR) is 79.5 cm³/mol. The molecule has 5 heteroatoms. The molecule has 0 atom stereocenters. The van der Waals surface area contributed by atoms with Gasteiger partial charge in [0.25, 0.3) is 0 Å². The van der Waals surface area contributed by atoms with Gasteiger partial charge in [-0.1, -0.05) is 13.8 Å². The highest BCUT2D eigenvalue weighted by Crippen LogP contribution is 2.30. The van der Waals surface area contributed by atoms with Crippen LogP contribution in [0.3, 0.4) is 0 Å². The number of nitriles is 1. The zero-order valence-electron chi connectivity index (χ0n) is 11.5. The van der Waals surface area contributed by atoms with Gasteiger partial charge in [0, 0.05) is 13.1 Å². The molecule has 0 saturated carbocycles. The molecule has 0 radical (unpaired) electrons. The van der Waals surface area contributed by atoms with E-state index in [-0.39, 0.29) is 9.89 Å². The number of benzene rings is 1. The second-order valence-electron chi connectivity index (χ2n) is 5.25. The molecule has 0 aliphatic carbocycles. The van der Waals surface area contributed by atoms with Gasteiger partial charge in [-0.25, -0.2) is 4.39 Å². The maximum absolute atomic E-state index is 14.3. The molecule has 0 unspecified atom stereocenters. The average Bonchev–Trinajstić information content (AvgIpc) is 2.39. The molecule has 1 aromatic rings. The van der Waals surface area contributed by atoms with E-state index in [1.165, 1.54) is 0 Å². The summed E-state index contributed by atoms with van der Waals surface area (Å²) in [7, 11) is 0. The summed E-state index contributed by atoms with van der Waals surface area (Å²) in [6.45, 7) is 7.94. The highest BCUT2D eigenvalue weighted by atomic mass is 79.9. The summed E-state index contributed by atoms with van der Waals surface area (Å²) in [6.07, 6.45) is 0. The zero-order chi connectivity index (χ0) is 14.6. The summed E-state index contributed by atoms with van der Waals surface area (Å²) in [5, 5.41) is 8.88. The minimum Gasteiger partial charge on any atom is -0.369 e. The van der Waals surface area contributed by atoms with Crippen LogP contribution in [0.1, 0.15) is 26.3 Å². The summed E-state index contributed by atoms with van der Waals surface area (Å²) in [5.41, 5.74) is 6.43. The maximum atomic E-state index is 14.3. The molecule has 0 amide bonds. The lowest BCUT2D eigenvalue weighted by Crippen LogP contribution is -2.39. The lowest BCUT2D eigenvalue weighted by Gasteiger charge is -2.33. The summed E-state index contributed by atoms with van der Waals surface area (Å²) >= 11 is 3.14. The first-order chi connectivity index (χ1) is 8.86. The first kappa shape index (κ1) is 15.9. The Hall–Kier alpha value is -1.12. The molecule has 0 aliphatic heterocycles. The Morgan fingerprint density at radius 3 is 2.58 bits per heavy atom. The Labute approximate surface area is 122 Å². The predicted octanol–water partition coefficient (Wildman–Crippen LogP) is 3.27. The fourth-order valence-corrected chi connectivity index (χ4v) is 2.24. The molecule has 3 nitrogen and oxygen atoms in total. The summed E-state index contributed by atoms with van der Waals surface area (Å²) in [4.78, 5) is 1.94. The van der Waals surface area contributed by atoms with Gasteiger partial charge in [-0.2, -0.15) is 5.26 Å². The first-order valence-electron chi connectivity index (χ1n) is 6.19. The van der Waals surface area contributed by atoms with Crippen molar-refractivity contribution in [3.8, 4) is 6.07 Å². The van der Waals surface area contributed by atoms with Crippen LogP contribution in [0.2, 0.25) is 0 Å². The lowest BCUT2D eigenvalue weighted by molar-refractivity contribution is 0.378. The number of hydrogen-bond donors (Lipinski definition) is 1. The van der Waals surface area contributed by atoms with E-state index < -0.39 is 5.82 Å². The molecule has 0 aromatic heterocycles. The molecule has 2 N–H and O–H groups in total. The number of hydrogen-bond acceptors (Lipinski definition) is 3. The average molecular weight is 328 g/mol. The van der Waals surface area contributed by atoms with Gasteiger partial charge in [0.2, 0.25) is 0 Å². The van der Waals surface area contributed by atoms with Crippen molar-refractivity contribution in [2.75, 3.05) is 24.5 Å². The van der Waals surface area contributed by atoms with E-state index in [1.807, 2.05) is 31.7 Å². The van der Waals surface area contributed by atoms with Gasteiger partial charge in [0.1, 0.15) is 6.07 Å². The Kier molecular flexibility index (Phi) is 5.33. The molecule has 0 saturated heterocycles. The maximum Gasteiger partial charge on any atom is 0.161 e. The van der Waals surface area contributed by atoms with Gasteiger partial charge in [-0.05, 0) is 46.9 Å². The van der Waals surface area contributed by atoms with Crippen LogP contribution in [-0.2, 0) is 0 Å². The van der Waals surface area contributed by atoms with Crippen molar-refractivity contribution in [3.63, 3.8) is 0 Å². The van der Waals surface area contributed by atoms with Gasteiger partial charge in [0.05, 0.1) is 15.7 Å². The highest BCUT2D eigenvalue weighted by molar-refractivity contribution is 9.10. The van der Waals surface area contributed by atoms with E-state index in [1.54, 1.807) is 12.1 Å². The second-order valence-corrected chi connectivity index (χ2v) is 6.05. The highest BCUT2D eigenvalue weighted by Gasteiger charge is 2.22. The summed E-state index contributed by atoms with van der Waals surface area (Å²) in [5.74, 6) is -0.395. The van der Waals surface area contributed by atoms with Crippen LogP contribution < -0.4 is 10.6 Å². The van der Waals surface area contributed by atoms with Crippen LogP contribution in [0.25, 0.3) is 0 Å².